The van der Waals surface area contributed by atoms with Crippen molar-refractivity contribution in [2.45, 2.75) is 33.4 Å². The van der Waals surface area contributed by atoms with Gasteiger partial charge in [-0.2, -0.15) is 0 Å². The third-order valence-electron chi connectivity index (χ3n) is 18.9. The predicted octanol–water partition coefficient (Wildman–Crippen LogP) is 30.9. The van der Waals surface area contributed by atoms with E-state index < -0.39 is 11.6 Å². The molecular weight excluding hydrogens is 1660 g/mol. The Labute approximate surface area is 761 Å². The Morgan fingerprint density at radius 3 is 0.692 bits per heavy atom. The molecule has 16 rings (SSSR count). The predicted molar refractivity (Wildman–Crippen MR) is 528 cm³/mol. The fraction of sp³-hybridized carbons (Fsp3) is 0.0427. The van der Waals surface area contributed by atoms with Crippen LogP contribution < -0.4 is 0 Å². The van der Waals surface area contributed by atoms with Crippen LogP contribution in [0.3, 0.4) is 0 Å². The van der Waals surface area contributed by atoms with E-state index in [0.717, 1.165) is 102 Å². The zero-order valence-corrected chi connectivity index (χ0v) is 72.1. The van der Waals surface area contributed by atoms with Crippen LogP contribution in [-0.2, 0) is 26.4 Å². The first kappa shape index (κ1) is 98.8. The molecule has 0 radical (unpaired) electrons. The average Bonchev–Trinajstić information content (AvgIpc) is 0.853. The first-order valence-electron chi connectivity index (χ1n) is 41.5. The molecule has 0 heterocycles. The smallest absolute Gasteiger partial charge is 0.130 e. The van der Waals surface area contributed by atoms with Crippen LogP contribution in [0, 0.1) is 53.5 Å². The topological polar surface area (TPSA) is 80.9 Å². The molecule has 4 N–H and O–H groups in total. The van der Waals surface area contributed by atoms with Gasteiger partial charge in [0.05, 0.1) is 26.4 Å². The van der Waals surface area contributed by atoms with Crippen LogP contribution >= 0.6 is 11.6 Å². The van der Waals surface area contributed by atoms with Crippen LogP contribution in [-0.4, -0.2) is 20.4 Å². The number of aliphatic hydroxyl groups is 4. The lowest BCUT2D eigenvalue weighted by Crippen LogP contribution is -1.84. The van der Waals surface area contributed by atoms with Crippen LogP contribution in [0.5, 0.6) is 0 Å². The van der Waals surface area contributed by atoms with Gasteiger partial charge in [-0.05, 0) is 181 Å². The summed E-state index contributed by atoms with van der Waals surface area (Å²) in [5.41, 5.74) is 19.0. The molecule has 0 aliphatic rings. The van der Waals surface area contributed by atoms with E-state index in [1.807, 2.05) is 267 Å². The van der Waals surface area contributed by atoms with Crippen LogP contribution in [0.25, 0.3) is 97.2 Å². The minimum atomic E-state index is -0.466. The molecule has 0 atom stereocenters. The molecule has 4 nitrogen and oxygen atoms in total. The number of hydrogen-bond acceptors (Lipinski definition) is 4. The van der Waals surface area contributed by atoms with Gasteiger partial charge in [0.25, 0.3) is 0 Å². The molecule has 0 spiro atoms. The van der Waals surface area contributed by atoms with E-state index in [4.69, 9.17) is 32.0 Å². The molecule has 0 saturated heterocycles. The zero-order chi connectivity index (χ0) is 92.1. The van der Waals surface area contributed by atoms with Crippen molar-refractivity contribution in [3.63, 3.8) is 0 Å². The van der Waals surface area contributed by atoms with Gasteiger partial charge in [-0.3, -0.25) is 0 Å². The summed E-state index contributed by atoms with van der Waals surface area (Å²) in [6.07, 6.45) is 29.9. The van der Waals surface area contributed by atoms with Crippen LogP contribution in [0.15, 0.2) is 400 Å². The number of benzene rings is 16. The van der Waals surface area contributed by atoms with Crippen molar-refractivity contribution < 1.29 is 55.5 Å². The van der Waals surface area contributed by atoms with Crippen molar-refractivity contribution in [1.82, 2.24) is 0 Å². The molecule has 0 unspecified atom stereocenters. The Morgan fingerprint density at radius 1 is 0.185 bits per heavy atom. The van der Waals surface area contributed by atoms with Crippen molar-refractivity contribution in [2.24, 2.45) is 0 Å². The average molecular weight is 1750 g/mol. The Kier molecular flexibility index (Phi) is 42.7. The molecular formula is C117H97ClF8O4. The highest BCUT2D eigenvalue weighted by Gasteiger charge is 2.04. The molecule has 0 aliphatic carbocycles. The standard InChI is InChI=1S/C16H16O.C15H12F2O.2C15H13FO.C14H10ClF.3C14H11F/c1-13-2-4-14(5-3-13)6-7-15-8-10-16(12-17)11-9-15;16-14-7-8-15(17)13(9-14)6-5-11-1-3-12(10-18)4-2-11;16-15-3-1-2-13(10-15)7-4-12-5-8-14(11-17)9-6-12;16-15-4-2-1-3-14(15)10-9-12-5-7-13(11-17)8-6-12;15-13-9-6-11(7-10-13)5-8-12-3-1-2-4-14(12)16;15-14-9-5-4-8-13(14)11-10-12-6-2-1-3-7-12;15-14-8-4-7-13(11-14)10-9-12-5-2-1-3-6-12;15-14-10-8-13(9-11-14)7-6-12-4-2-1-3-5-12/h2-11,17H,12H2,1H3;1-9,18H,10H2;2*1-10,17H,11H2;1-10H;3*1-11H/b7-6+;6-5+;7-4+;10-9+;8-5+;11-10+;10-9+;7-6+. The summed E-state index contributed by atoms with van der Waals surface area (Å²) in [5.74, 6) is -2.20. The normalized spacial score (nSPS) is 10.9. The molecule has 0 aromatic heterocycles. The Morgan fingerprint density at radius 2 is 0.400 bits per heavy atom. The summed E-state index contributed by atoms with van der Waals surface area (Å²) in [6.45, 7) is 2.26. The molecule has 652 valence electrons. The number of halogens is 9. The third kappa shape index (κ3) is 38.1. The largest absolute Gasteiger partial charge is 0.392 e. The fourth-order valence-corrected chi connectivity index (χ4v) is 11.8. The van der Waals surface area contributed by atoms with Crippen molar-refractivity contribution in [3.8, 4) is 0 Å². The highest BCUT2D eigenvalue weighted by Crippen LogP contribution is 2.22. The second-order valence-electron chi connectivity index (χ2n) is 28.9. The zero-order valence-electron chi connectivity index (χ0n) is 71.4. The maximum Gasteiger partial charge on any atom is 0.130 e. The van der Waals surface area contributed by atoms with Gasteiger partial charge in [0.2, 0.25) is 0 Å². The quantitative estimate of drug-likeness (QED) is 0.0453. The van der Waals surface area contributed by atoms with E-state index in [2.05, 4.69) is 43.3 Å². The summed E-state index contributed by atoms with van der Waals surface area (Å²) in [7, 11) is 0. The SMILES string of the molecule is Cc1ccc(/C=C/c2ccc(CO)cc2)cc1.Fc1ccc(/C=C/c2ccccc2)cc1.Fc1cccc(/C=C/c2ccccc2)c1.Fc1ccccc1/C=C/c1ccc(Cl)cc1.Fc1ccccc1/C=C/c1ccccc1.OCc1ccc(/C=C/c2cc(F)ccc2F)cc1.OCc1ccc(/C=C/c2cccc(F)c2)cc1.OCc1ccc(/C=C/c2ccccc2F)cc1. The molecule has 0 saturated carbocycles. The van der Waals surface area contributed by atoms with E-state index in [1.165, 1.54) is 71.8 Å². The maximum atomic E-state index is 13.3. The number of aryl methyl sites for hydroxylation is 1. The first-order valence-corrected chi connectivity index (χ1v) is 41.9. The maximum absolute atomic E-state index is 13.3. The number of aliphatic hydroxyl groups excluding tert-OH is 4. The molecule has 0 fully saturated rings. The second-order valence-corrected chi connectivity index (χ2v) is 29.3. The van der Waals surface area contributed by atoms with Crippen molar-refractivity contribution in [1.29, 1.82) is 0 Å². The lowest BCUT2D eigenvalue weighted by Gasteiger charge is -1.99. The minimum absolute atomic E-state index is 0.0114. The van der Waals surface area contributed by atoms with Gasteiger partial charge >= 0.3 is 0 Å². The summed E-state index contributed by atoms with van der Waals surface area (Å²) >= 11 is 5.77. The number of hydrogen-bond donors (Lipinski definition) is 4. The molecule has 13 heteroatoms. The van der Waals surface area contributed by atoms with Gasteiger partial charge in [-0.1, -0.05) is 430 Å². The fourth-order valence-electron chi connectivity index (χ4n) is 11.7. The molecule has 16 aromatic carbocycles. The molecule has 16 aromatic rings. The third-order valence-corrected chi connectivity index (χ3v) is 19.2. The van der Waals surface area contributed by atoms with E-state index >= 15 is 0 Å². The van der Waals surface area contributed by atoms with Crippen molar-refractivity contribution in [3.05, 3.63) is 569 Å². The Balaban J connectivity index is 0.000000168. The van der Waals surface area contributed by atoms with E-state index in [0.29, 0.717) is 21.7 Å². The monoisotopic (exact) mass is 1750 g/mol. The highest BCUT2D eigenvalue weighted by atomic mass is 35.5. The highest BCUT2D eigenvalue weighted by molar-refractivity contribution is 6.30. The summed E-state index contributed by atoms with van der Waals surface area (Å²) in [5, 5.41) is 36.3. The van der Waals surface area contributed by atoms with Crippen LogP contribution in [0.4, 0.5) is 35.1 Å². The van der Waals surface area contributed by atoms with Gasteiger partial charge in [0.15, 0.2) is 0 Å². The molecule has 0 aliphatic heterocycles. The van der Waals surface area contributed by atoms with Gasteiger partial charge in [0.1, 0.15) is 46.5 Å². The number of rotatable bonds is 20. The van der Waals surface area contributed by atoms with Crippen LogP contribution in [0.2, 0.25) is 5.02 Å². The van der Waals surface area contributed by atoms with Gasteiger partial charge in [0, 0.05) is 27.3 Å². The van der Waals surface area contributed by atoms with E-state index in [-0.39, 0.29) is 66.9 Å². The Bertz CT molecular complexity index is 6260. The lowest BCUT2D eigenvalue weighted by molar-refractivity contribution is 0.281. The second kappa shape index (κ2) is 56.2. The van der Waals surface area contributed by atoms with Gasteiger partial charge < -0.3 is 20.4 Å². The van der Waals surface area contributed by atoms with E-state index in [9.17, 15) is 35.1 Å². The molecule has 0 bridgehead atoms. The molecule has 0 amide bonds. The van der Waals surface area contributed by atoms with Crippen molar-refractivity contribution in [2.75, 3.05) is 0 Å². The molecule has 130 heavy (non-hydrogen) atoms. The summed E-state index contributed by atoms with van der Waals surface area (Å²) in [6, 6.07) is 119. The lowest BCUT2D eigenvalue weighted by atomic mass is 10.1. The van der Waals surface area contributed by atoms with Gasteiger partial charge in [-0.25, -0.2) is 35.1 Å². The van der Waals surface area contributed by atoms with Crippen LogP contribution in [0.1, 0.15) is 117 Å². The minimum Gasteiger partial charge on any atom is -0.392 e. The first-order chi connectivity index (χ1) is 63.3. The van der Waals surface area contributed by atoms with Gasteiger partial charge in [-0.15, -0.1) is 0 Å². The van der Waals surface area contributed by atoms with E-state index in [1.54, 1.807) is 115 Å². The Hall–Kier alpha value is -15.0. The summed E-state index contributed by atoms with van der Waals surface area (Å²) in [4.78, 5) is 0. The summed E-state index contributed by atoms with van der Waals surface area (Å²) < 4.78 is 105. The van der Waals surface area contributed by atoms with Crippen molar-refractivity contribution >= 4 is 109 Å².